The van der Waals surface area contributed by atoms with Crippen molar-refractivity contribution in [2.45, 2.75) is 53.1 Å². The number of nitrogens with two attached hydrogens (primary N) is 1. The molecule has 2 rings (SSSR count). The van der Waals surface area contributed by atoms with Crippen molar-refractivity contribution in [2.24, 2.45) is 11.3 Å². The summed E-state index contributed by atoms with van der Waals surface area (Å²) in [4.78, 5) is 4.26. The van der Waals surface area contributed by atoms with Gasteiger partial charge in [-0.1, -0.05) is 20.8 Å². The van der Waals surface area contributed by atoms with Crippen molar-refractivity contribution < 1.29 is 4.74 Å². The Labute approximate surface area is 110 Å². The summed E-state index contributed by atoms with van der Waals surface area (Å²) in [5.41, 5.74) is 7.89. The number of aryl methyl sites for hydroxylation is 1. The summed E-state index contributed by atoms with van der Waals surface area (Å²) in [5.74, 6) is 1.42. The molecule has 3 heteroatoms. The van der Waals surface area contributed by atoms with Crippen molar-refractivity contribution in [1.29, 1.82) is 0 Å². The van der Waals surface area contributed by atoms with Gasteiger partial charge in [0, 0.05) is 6.07 Å². The first-order chi connectivity index (χ1) is 8.35. The fourth-order valence-electron chi connectivity index (χ4n) is 3.12. The van der Waals surface area contributed by atoms with E-state index in [1.54, 1.807) is 6.20 Å². The quantitative estimate of drug-likeness (QED) is 0.870. The molecule has 3 nitrogen and oxygen atoms in total. The number of hydrogen-bond acceptors (Lipinski definition) is 3. The topological polar surface area (TPSA) is 48.1 Å². The average Bonchev–Trinajstić information content (AvgIpc) is 2.20. The molecule has 0 saturated heterocycles. The maximum Gasteiger partial charge on any atom is 0.213 e. The maximum atomic E-state index is 6.03. The molecule has 2 N–H and O–H groups in total. The van der Waals surface area contributed by atoms with Crippen LogP contribution in [0.2, 0.25) is 0 Å². The largest absolute Gasteiger partial charge is 0.474 e. The normalized spacial score (nSPS) is 26.9. The van der Waals surface area contributed by atoms with Crippen molar-refractivity contribution in [3.8, 4) is 5.88 Å². The van der Waals surface area contributed by atoms with E-state index in [0.29, 0.717) is 17.2 Å². The summed E-state index contributed by atoms with van der Waals surface area (Å²) in [6.07, 6.45) is 5.46. The number of ether oxygens (including phenoxy) is 1. The first-order valence-corrected chi connectivity index (χ1v) is 6.74. The van der Waals surface area contributed by atoms with Gasteiger partial charge in [0.05, 0.1) is 11.9 Å². The third kappa shape index (κ3) is 3.15. The predicted octanol–water partition coefficient (Wildman–Crippen LogP) is 3.57. The molecule has 18 heavy (non-hydrogen) atoms. The van der Waals surface area contributed by atoms with E-state index in [-0.39, 0.29) is 6.10 Å². The highest BCUT2D eigenvalue weighted by molar-refractivity contribution is 5.45. The van der Waals surface area contributed by atoms with Crippen molar-refractivity contribution >= 4 is 5.69 Å². The zero-order chi connectivity index (χ0) is 13.3. The highest BCUT2D eigenvalue weighted by Gasteiger charge is 2.33. The number of nitrogens with zero attached hydrogens (tertiary/aromatic N) is 1. The Hall–Kier alpha value is -1.25. The van der Waals surface area contributed by atoms with Crippen LogP contribution in [0.25, 0.3) is 0 Å². The fourth-order valence-corrected chi connectivity index (χ4v) is 3.12. The molecular formula is C15H24N2O. The zero-order valence-electron chi connectivity index (χ0n) is 11.9. The third-order valence-electron chi connectivity index (χ3n) is 3.76. The molecule has 2 unspecified atom stereocenters. The lowest BCUT2D eigenvalue weighted by molar-refractivity contribution is 0.0532. The lowest BCUT2D eigenvalue weighted by atomic mass is 9.71. The highest BCUT2D eigenvalue weighted by Crippen LogP contribution is 2.39. The molecule has 100 valence electrons. The van der Waals surface area contributed by atoms with Gasteiger partial charge in [-0.15, -0.1) is 0 Å². The minimum absolute atomic E-state index is 0.277. The molecule has 1 heterocycles. The van der Waals surface area contributed by atoms with Crippen LogP contribution >= 0.6 is 0 Å². The Balaban J connectivity index is 2.06. The number of rotatable bonds is 2. The number of pyridine rings is 1. The van der Waals surface area contributed by atoms with E-state index >= 15 is 0 Å². The second-order valence-electron chi connectivity index (χ2n) is 6.53. The zero-order valence-corrected chi connectivity index (χ0v) is 11.9. The number of hydrogen-bond donors (Lipinski definition) is 1. The van der Waals surface area contributed by atoms with E-state index in [1.807, 2.05) is 13.0 Å². The first kappa shape index (κ1) is 13.2. The van der Waals surface area contributed by atoms with Crippen LogP contribution in [0.3, 0.4) is 0 Å². The van der Waals surface area contributed by atoms with E-state index in [0.717, 1.165) is 24.1 Å². The van der Waals surface area contributed by atoms with Gasteiger partial charge in [0.1, 0.15) is 6.10 Å². The van der Waals surface area contributed by atoms with Gasteiger partial charge in [-0.2, -0.15) is 0 Å². The van der Waals surface area contributed by atoms with E-state index < -0.39 is 0 Å². The van der Waals surface area contributed by atoms with Crippen LogP contribution in [0.15, 0.2) is 12.3 Å². The van der Waals surface area contributed by atoms with Gasteiger partial charge in [-0.3, -0.25) is 0 Å². The molecule has 0 spiro atoms. The smallest absolute Gasteiger partial charge is 0.213 e. The number of aromatic nitrogens is 1. The molecular weight excluding hydrogens is 224 g/mol. The van der Waals surface area contributed by atoms with Crippen LogP contribution < -0.4 is 10.5 Å². The van der Waals surface area contributed by atoms with Crippen molar-refractivity contribution in [2.75, 3.05) is 5.73 Å². The Morgan fingerprint density at radius 1 is 1.39 bits per heavy atom. The summed E-state index contributed by atoms with van der Waals surface area (Å²) in [7, 11) is 0. The maximum absolute atomic E-state index is 6.03. The van der Waals surface area contributed by atoms with Crippen LogP contribution in [0.5, 0.6) is 5.88 Å². The van der Waals surface area contributed by atoms with Gasteiger partial charge in [0.2, 0.25) is 5.88 Å². The molecule has 1 saturated carbocycles. The minimum Gasteiger partial charge on any atom is -0.474 e. The summed E-state index contributed by atoms with van der Waals surface area (Å²) < 4.78 is 6.03. The Morgan fingerprint density at radius 2 is 2.11 bits per heavy atom. The molecule has 1 aliphatic carbocycles. The number of nitrogen functional groups attached to an aromatic ring is 1. The summed E-state index contributed by atoms with van der Waals surface area (Å²) >= 11 is 0. The van der Waals surface area contributed by atoms with Gasteiger partial charge < -0.3 is 10.5 Å². The molecule has 0 bridgehead atoms. The third-order valence-corrected chi connectivity index (χ3v) is 3.76. The summed E-state index contributed by atoms with van der Waals surface area (Å²) in [6, 6.07) is 1.93. The molecule has 1 aromatic heterocycles. The van der Waals surface area contributed by atoms with Crippen LogP contribution in [-0.2, 0) is 0 Å². The monoisotopic (exact) mass is 248 g/mol. The lowest BCUT2D eigenvalue weighted by Gasteiger charge is -2.38. The van der Waals surface area contributed by atoms with Gasteiger partial charge in [0.15, 0.2) is 0 Å². The fraction of sp³-hybridized carbons (Fsp3) is 0.667. The van der Waals surface area contributed by atoms with Crippen LogP contribution in [0, 0.1) is 18.3 Å². The van der Waals surface area contributed by atoms with E-state index in [9.17, 15) is 0 Å². The Kier molecular flexibility index (Phi) is 3.51. The predicted molar refractivity (Wildman–Crippen MR) is 74.6 cm³/mol. The highest BCUT2D eigenvalue weighted by atomic mass is 16.5. The van der Waals surface area contributed by atoms with Crippen molar-refractivity contribution in [3.63, 3.8) is 0 Å². The van der Waals surface area contributed by atoms with Crippen LogP contribution in [0.1, 0.15) is 45.6 Å². The molecule has 1 aromatic rings. The molecule has 0 amide bonds. The molecule has 1 fully saturated rings. The van der Waals surface area contributed by atoms with Gasteiger partial charge in [-0.25, -0.2) is 4.98 Å². The minimum atomic E-state index is 0.277. The average molecular weight is 248 g/mol. The Bertz CT molecular complexity index is 429. The standard InChI is InChI=1S/C15H24N2O/c1-10-5-12(8-15(3,4)7-10)18-14-6-11(2)13(16)9-17-14/h6,9-10,12H,5,7-8,16H2,1-4H3. The van der Waals surface area contributed by atoms with Crippen LogP contribution in [0.4, 0.5) is 5.69 Å². The van der Waals surface area contributed by atoms with Crippen molar-refractivity contribution in [1.82, 2.24) is 4.98 Å². The summed E-state index contributed by atoms with van der Waals surface area (Å²) in [5, 5.41) is 0. The van der Waals surface area contributed by atoms with Crippen molar-refractivity contribution in [3.05, 3.63) is 17.8 Å². The van der Waals surface area contributed by atoms with Gasteiger partial charge >= 0.3 is 0 Å². The van der Waals surface area contributed by atoms with E-state index in [4.69, 9.17) is 10.5 Å². The Morgan fingerprint density at radius 3 is 2.72 bits per heavy atom. The number of anilines is 1. The van der Waals surface area contributed by atoms with E-state index in [2.05, 4.69) is 25.8 Å². The summed E-state index contributed by atoms with van der Waals surface area (Å²) in [6.45, 7) is 8.93. The molecule has 0 radical (unpaired) electrons. The van der Waals surface area contributed by atoms with Gasteiger partial charge in [0.25, 0.3) is 0 Å². The second kappa shape index (κ2) is 4.79. The molecule has 1 aliphatic rings. The first-order valence-electron chi connectivity index (χ1n) is 6.74. The van der Waals surface area contributed by atoms with Crippen LogP contribution in [-0.4, -0.2) is 11.1 Å². The SMILES string of the molecule is Cc1cc(OC2CC(C)CC(C)(C)C2)ncc1N. The van der Waals surface area contributed by atoms with E-state index in [1.165, 1.54) is 6.42 Å². The van der Waals surface area contributed by atoms with Gasteiger partial charge in [-0.05, 0) is 43.1 Å². The molecule has 0 aliphatic heterocycles. The molecule has 2 atom stereocenters. The molecule has 0 aromatic carbocycles. The lowest BCUT2D eigenvalue weighted by Crippen LogP contribution is -2.34. The second-order valence-corrected chi connectivity index (χ2v) is 6.53.